The summed E-state index contributed by atoms with van der Waals surface area (Å²) in [5.41, 5.74) is 1.32. The zero-order valence-electron chi connectivity index (χ0n) is 12.5. The van der Waals surface area contributed by atoms with E-state index in [2.05, 4.69) is 43.2 Å². The fourth-order valence-corrected chi connectivity index (χ4v) is 2.13. The van der Waals surface area contributed by atoms with Crippen LogP contribution in [-0.2, 0) is 6.54 Å². The molecule has 0 spiro atoms. The van der Waals surface area contributed by atoms with Crippen LogP contribution in [0.5, 0.6) is 0 Å². The Bertz CT molecular complexity index is 335. The molecular weight excluding hydrogens is 256 g/mol. The molecular formula is C16H27ClN2. The monoisotopic (exact) mass is 282 g/mol. The highest BCUT2D eigenvalue weighted by molar-refractivity contribution is 6.30. The number of benzene rings is 1. The molecule has 0 saturated heterocycles. The molecule has 19 heavy (non-hydrogen) atoms. The van der Waals surface area contributed by atoms with Crippen molar-refractivity contribution >= 4 is 11.6 Å². The van der Waals surface area contributed by atoms with Gasteiger partial charge in [0.25, 0.3) is 0 Å². The standard InChI is InChI=1S/C16H27ClN2/c1-14(2)12-18-10-4-5-11-19(3)13-15-6-8-16(17)9-7-15/h6-9,14,18H,4-5,10-13H2,1-3H3. The molecule has 3 heteroatoms. The first-order chi connectivity index (χ1) is 9.08. The first kappa shape index (κ1) is 16.5. The summed E-state index contributed by atoms with van der Waals surface area (Å²) in [6.45, 7) is 8.88. The van der Waals surface area contributed by atoms with Gasteiger partial charge in [-0.3, -0.25) is 0 Å². The van der Waals surface area contributed by atoms with E-state index in [1.54, 1.807) is 0 Å². The van der Waals surface area contributed by atoms with Gasteiger partial charge in [0, 0.05) is 11.6 Å². The van der Waals surface area contributed by atoms with E-state index in [0.717, 1.165) is 37.1 Å². The second kappa shape index (κ2) is 9.35. The van der Waals surface area contributed by atoms with E-state index in [-0.39, 0.29) is 0 Å². The van der Waals surface area contributed by atoms with E-state index in [1.165, 1.54) is 18.4 Å². The first-order valence-corrected chi connectivity index (χ1v) is 7.59. The Kier molecular flexibility index (Phi) is 8.11. The highest BCUT2D eigenvalue weighted by Gasteiger charge is 2.00. The molecule has 0 aliphatic rings. The van der Waals surface area contributed by atoms with Gasteiger partial charge in [-0.2, -0.15) is 0 Å². The molecule has 2 nitrogen and oxygen atoms in total. The summed E-state index contributed by atoms with van der Waals surface area (Å²) in [7, 11) is 2.18. The Morgan fingerprint density at radius 3 is 2.47 bits per heavy atom. The van der Waals surface area contributed by atoms with Crippen molar-refractivity contribution < 1.29 is 0 Å². The van der Waals surface area contributed by atoms with E-state index in [4.69, 9.17) is 11.6 Å². The van der Waals surface area contributed by atoms with Crippen molar-refractivity contribution in [3.63, 3.8) is 0 Å². The summed E-state index contributed by atoms with van der Waals surface area (Å²) in [4.78, 5) is 2.37. The summed E-state index contributed by atoms with van der Waals surface area (Å²) in [5.74, 6) is 0.743. The Morgan fingerprint density at radius 2 is 1.84 bits per heavy atom. The fraction of sp³-hybridized carbons (Fsp3) is 0.625. The van der Waals surface area contributed by atoms with E-state index in [0.29, 0.717) is 0 Å². The Morgan fingerprint density at radius 1 is 1.16 bits per heavy atom. The third-order valence-electron chi connectivity index (χ3n) is 3.06. The summed E-state index contributed by atoms with van der Waals surface area (Å²) < 4.78 is 0. The molecule has 108 valence electrons. The summed E-state index contributed by atoms with van der Waals surface area (Å²) >= 11 is 5.88. The number of hydrogen-bond donors (Lipinski definition) is 1. The van der Waals surface area contributed by atoms with Crippen LogP contribution in [0.3, 0.4) is 0 Å². The van der Waals surface area contributed by atoms with Gasteiger partial charge in [-0.25, -0.2) is 0 Å². The lowest BCUT2D eigenvalue weighted by molar-refractivity contribution is 0.317. The lowest BCUT2D eigenvalue weighted by Gasteiger charge is -2.16. The molecule has 1 aromatic rings. The molecule has 0 bridgehead atoms. The molecule has 0 unspecified atom stereocenters. The van der Waals surface area contributed by atoms with Crippen molar-refractivity contribution in [2.24, 2.45) is 5.92 Å². The number of rotatable bonds is 9. The van der Waals surface area contributed by atoms with Gasteiger partial charge in [0.2, 0.25) is 0 Å². The molecule has 0 aliphatic carbocycles. The molecule has 1 N–H and O–H groups in total. The van der Waals surface area contributed by atoms with Gasteiger partial charge >= 0.3 is 0 Å². The Hall–Kier alpha value is -0.570. The van der Waals surface area contributed by atoms with Gasteiger partial charge < -0.3 is 10.2 Å². The van der Waals surface area contributed by atoms with Crippen molar-refractivity contribution in [3.8, 4) is 0 Å². The summed E-state index contributed by atoms with van der Waals surface area (Å²) in [5, 5.41) is 4.29. The topological polar surface area (TPSA) is 15.3 Å². The van der Waals surface area contributed by atoms with Crippen LogP contribution in [0.1, 0.15) is 32.3 Å². The van der Waals surface area contributed by atoms with Crippen molar-refractivity contribution in [3.05, 3.63) is 34.9 Å². The number of hydrogen-bond acceptors (Lipinski definition) is 2. The molecule has 0 fully saturated rings. The first-order valence-electron chi connectivity index (χ1n) is 7.21. The van der Waals surface area contributed by atoms with Crippen molar-refractivity contribution in [2.45, 2.75) is 33.2 Å². The minimum Gasteiger partial charge on any atom is -0.316 e. The number of nitrogens with zero attached hydrogens (tertiary/aromatic N) is 1. The maximum atomic E-state index is 5.88. The van der Waals surface area contributed by atoms with Crippen LogP contribution in [0.25, 0.3) is 0 Å². The van der Waals surface area contributed by atoms with E-state index >= 15 is 0 Å². The number of halogens is 1. The Labute approximate surface area is 123 Å². The van der Waals surface area contributed by atoms with Gasteiger partial charge in [0.15, 0.2) is 0 Å². The maximum Gasteiger partial charge on any atom is 0.0406 e. The zero-order valence-corrected chi connectivity index (χ0v) is 13.2. The van der Waals surface area contributed by atoms with Gasteiger partial charge in [0.1, 0.15) is 0 Å². The van der Waals surface area contributed by atoms with Crippen LogP contribution in [-0.4, -0.2) is 31.6 Å². The predicted molar refractivity (Wildman–Crippen MR) is 84.7 cm³/mol. The predicted octanol–water partition coefficient (Wildman–Crippen LogP) is 3.80. The fourth-order valence-electron chi connectivity index (χ4n) is 2.00. The smallest absolute Gasteiger partial charge is 0.0406 e. The molecule has 1 rings (SSSR count). The maximum absolute atomic E-state index is 5.88. The minimum absolute atomic E-state index is 0.743. The molecule has 0 heterocycles. The quantitative estimate of drug-likeness (QED) is 0.693. The van der Waals surface area contributed by atoms with Crippen molar-refractivity contribution in [1.82, 2.24) is 10.2 Å². The molecule has 0 amide bonds. The molecule has 0 radical (unpaired) electrons. The van der Waals surface area contributed by atoms with Crippen LogP contribution in [0.15, 0.2) is 24.3 Å². The average molecular weight is 283 g/mol. The highest BCUT2D eigenvalue weighted by atomic mass is 35.5. The summed E-state index contributed by atoms with van der Waals surface area (Å²) in [6, 6.07) is 8.12. The van der Waals surface area contributed by atoms with Gasteiger partial charge in [-0.15, -0.1) is 0 Å². The lowest BCUT2D eigenvalue weighted by Crippen LogP contribution is -2.23. The second-order valence-electron chi connectivity index (χ2n) is 5.67. The third kappa shape index (κ3) is 8.25. The summed E-state index contributed by atoms with van der Waals surface area (Å²) in [6.07, 6.45) is 2.49. The lowest BCUT2D eigenvalue weighted by atomic mass is 10.2. The van der Waals surface area contributed by atoms with Gasteiger partial charge in [-0.05, 0) is 63.1 Å². The minimum atomic E-state index is 0.743. The highest BCUT2D eigenvalue weighted by Crippen LogP contribution is 2.11. The van der Waals surface area contributed by atoms with Crippen molar-refractivity contribution in [1.29, 1.82) is 0 Å². The average Bonchev–Trinajstić information content (AvgIpc) is 2.36. The molecule has 0 aromatic heterocycles. The van der Waals surface area contributed by atoms with Crippen molar-refractivity contribution in [2.75, 3.05) is 26.7 Å². The molecule has 0 saturated carbocycles. The van der Waals surface area contributed by atoms with Gasteiger partial charge in [0.05, 0.1) is 0 Å². The number of unbranched alkanes of at least 4 members (excludes halogenated alkanes) is 1. The van der Waals surface area contributed by atoms with E-state index in [1.807, 2.05) is 12.1 Å². The second-order valence-corrected chi connectivity index (χ2v) is 6.11. The van der Waals surface area contributed by atoms with Crippen LogP contribution >= 0.6 is 11.6 Å². The van der Waals surface area contributed by atoms with Crippen LogP contribution in [0.4, 0.5) is 0 Å². The zero-order chi connectivity index (χ0) is 14.1. The molecule has 0 aliphatic heterocycles. The third-order valence-corrected chi connectivity index (χ3v) is 3.31. The molecule has 1 aromatic carbocycles. The largest absolute Gasteiger partial charge is 0.316 e. The van der Waals surface area contributed by atoms with Crippen LogP contribution in [0.2, 0.25) is 5.02 Å². The Balaban J connectivity index is 2.08. The van der Waals surface area contributed by atoms with Crippen LogP contribution in [0, 0.1) is 5.92 Å². The SMILES string of the molecule is CC(C)CNCCCCN(C)Cc1ccc(Cl)cc1. The van der Waals surface area contributed by atoms with E-state index in [9.17, 15) is 0 Å². The molecule has 0 atom stereocenters. The van der Waals surface area contributed by atoms with Gasteiger partial charge in [-0.1, -0.05) is 37.6 Å². The van der Waals surface area contributed by atoms with E-state index < -0.39 is 0 Å². The van der Waals surface area contributed by atoms with Crippen LogP contribution < -0.4 is 5.32 Å². The normalized spacial score (nSPS) is 11.5. The number of nitrogens with one attached hydrogen (secondary N) is 1.